The van der Waals surface area contributed by atoms with Crippen LogP contribution in [0.5, 0.6) is 0 Å². The third-order valence-electron chi connectivity index (χ3n) is 9.07. The summed E-state index contributed by atoms with van der Waals surface area (Å²) in [6.45, 7) is 1.75. The van der Waals surface area contributed by atoms with Crippen molar-refractivity contribution in [3.05, 3.63) is 94.2 Å². The molecule has 6 rings (SSSR count). The fraction of sp³-hybridized carbons (Fsp3) is 0.353. The Labute approximate surface area is 234 Å². The van der Waals surface area contributed by atoms with Gasteiger partial charge in [-0.1, -0.05) is 31.2 Å². The minimum Gasteiger partial charge on any atom is -0.404 e. The average Bonchev–Trinajstić information content (AvgIpc) is 3.57. The molecule has 3 aromatic rings. The van der Waals surface area contributed by atoms with Gasteiger partial charge in [-0.25, -0.2) is 8.78 Å². The summed E-state index contributed by atoms with van der Waals surface area (Å²) in [5.74, 6) is 0.396. The summed E-state index contributed by atoms with van der Waals surface area (Å²) in [5, 5.41) is 0. The van der Waals surface area contributed by atoms with Gasteiger partial charge < -0.3 is 11.5 Å². The van der Waals surface area contributed by atoms with Crippen LogP contribution in [0.1, 0.15) is 54.9 Å². The Bertz CT molecular complexity index is 1510. The number of hydrogen-bond acceptors (Lipinski definition) is 4. The number of nitrogens with two attached hydrogens (primary N) is 2. The lowest BCUT2D eigenvalue weighted by Gasteiger charge is -2.30. The standard InChI is InChI=1S/C34H36F2N4/c1-2-29-31(35)15-25(16-32(29)36)30-5-3-4-22-17-33(40-34(22)30)26(18-37)19-39-28-10-7-20(8-11-28)23-12-21-6-9-27(38)14-24(21)13-23/h3-6,9,14-16,18-20,23,28H,2,7-8,10-13,17,37-38H2,1H3. The third-order valence-corrected chi connectivity index (χ3v) is 9.07. The SMILES string of the molecule is CCc1c(F)cc(-c2cccc3c2N=C(C(C=NC2CCC(C4Cc5ccc(N)cc5C4)CC2)=CN)C3)cc1F. The largest absolute Gasteiger partial charge is 0.404 e. The monoisotopic (exact) mass is 538 g/mol. The third kappa shape index (κ3) is 5.07. The van der Waals surface area contributed by atoms with Gasteiger partial charge in [0.2, 0.25) is 0 Å². The number of nitrogen functional groups attached to an aromatic ring is 1. The molecule has 1 unspecified atom stereocenters. The van der Waals surface area contributed by atoms with Gasteiger partial charge in [-0.2, -0.15) is 0 Å². The molecule has 2 aliphatic carbocycles. The maximum atomic E-state index is 14.6. The van der Waals surface area contributed by atoms with Crippen LogP contribution < -0.4 is 11.5 Å². The number of rotatable bonds is 6. The van der Waals surface area contributed by atoms with Crippen molar-refractivity contribution >= 4 is 23.3 Å². The van der Waals surface area contributed by atoms with E-state index in [0.29, 0.717) is 24.3 Å². The zero-order chi connectivity index (χ0) is 27.8. The normalized spacial score (nSPS) is 22.4. The Morgan fingerprint density at radius 1 is 0.950 bits per heavy atom. The van der Waals surface area contributed by atoms with Gasteiger partial charge >= 0.3 is 0 Å². The van der Waals surface area contributed by atoms with Crippen molar-refractivity contribution in [3.63, 3.8) is 0 Å². The molecule has 206 valence electrons. The molecular formula is C34H36F2N4. The summed E-state index contributed by atoms with van der Waals surface area (Å²) >= 11 is 0. The predicted molar refractivity (Wildman–Crippen MR) is 160 cm³/mol. The van der Waals surface area contributed by atoms with E-state index in [-0.39, 0.29) is 11.6 Å². The lowest BCUT2D eigenvalue weighted by atomic mass is 9.77. The molecule has 0 spiro atoms. The van der Waals surface area contributed by atoms with Crippen LogP contribution in [0.4, 0.5) is 20.2 Å². The number of allylic oxidation sites excluding steroid dienone is 1. The molecule has 4 nitrogen and oxygen atoms in total. The van der Waals surface area contributed by atoms with Crippen molar-refractivity contribution in [1.82, 2.24) is 0 Å². The highest BCUT2D eigenvalue weighted by Crippen LogP contribution is 2.41. The molecule has 1 aliphatic heterocycles. The van der Waals surface area contributed by atoms with Gasteiger partial charge in [-0.05, 0) is 103 Å². The first-order valence-electron chi connectivity index (χ1n) is 14.4. The van der Waals surface area contributed by atoms with E-state index in [1.165, 1.54) is 42.5 Å². The first-order chi connectivity index (χ1) is 19.4. The Hall–Kier alpha value is -3.80. The highest BCUT2D eigenvalue weighted by molar-refractivity contribution is 6.19. The number of benzene rings is 3. The van der Waals surface area contributed by atoms with E-state index >= 15 is 0 Å². The Morgan fingerprint density at radius 2 is 1.70 bits per heavy atom. The van der Waals surface area contributed by atoms with Gasteiger partial charge in [-0.15, -0.1) is 0 Å². The van der Waals surface area contributed by atoms with E-state index < -0.39 is 11.6 Å². The van der Waals surface area contributed by atoms with Crippen LogP contribution >= 0.6 is 0 Å². The van der Waals surface area contributed by atoms with Crippen LogP contribution in [0, 0.1) is 23.5 Å². The van der Waals surface area contributed by atoms with Crippen LogP contribution in [0.3, 0.4) is 0 Å². The Kier molecular flexibility index (Phi) is 7.26. The second-order valence-corrected chi connectivity index (χ2v) is 11.5. The zero-order valence-corrected chi connectivity index (χ0v) is 23.0. The first kappa shape index (κ1) is 26.4. The maximum Gasteiger partial charge on any atom is 0.129 e. The molecule has 0 radical (unpaired) electrons. The molecule has 40 heavy (non-hydrogen) atoms. The summed E-state index contributed by atoms with van der Waals surface area (Å²) in [7, 11) is 0. The quantitative estimate of drug-likeness (QED) is 0.255. The number of anilines is 1. The zero-order valence-electron chi connectivity index (χ0n) is 23.0. The van der Waals surface area contributed by atoms with E-state index in [1.807, 2.05) is 30.5 Å². The predicted octanol–water partition coefficient (Wildman–Crippen LogP) is 7.29. The van der Waals surface area contributed by atoms with Crippen molar-refractivity contribution < 1.29 is 8.78 Å². The van der Waals surface area contributed by atoms with Crippen molar-refractivity contribution in [2.24, 2.45) is 27.6 Å². The van der Waals surface area contributed by atoms with Gasteiger partial charge in [0.25, 0.3) is 0 Å². The van der Waals surface area contributed by atoms with E-state index in [0.717, 1.165) is 59.0 Å². The summed E-state index contributed by atoms with van der Waals surface area (Å²) in [6.07, 6.45) is 11.2. The highest BCUT2D eigenvalue weighted by Gasteiger charge is 2.32. The summed E-state index contributed by atoms with van der Waals surface area (Å²) < 4.78 is 29.1. The molecule has 1 atom stereocenters. The molecule has 1 saturated carbocycles. The second-order valence-electron chi connectivity index (χ2n) is 11.5. The minimum atomic E-state index is -0.524. The highest BCUT2D eigenvalue weighted by atomic mass is 19.1. The number of halogens is 2. The molecule has 3 aliphatic rings. The van der Waals surface area contributed by atoms with Crippen molar-refractivity contribution in [1.29, 1.82) is 0 Å². The average molecular weight is 539 g/mol. The molecular weight excluding hydrogens is 502 g/mol. The van der Waals surface area contributed by atoms with Gasteiger partial charge in [0.05, 0.1) is 11.4 Å². The summed E-state index contributed by atoms with van der Waals surface area (Å²) in [6, 6.07) is 15.2. The van der Waals surface area contributed by atoms with Gasteiger partial charge in [-0.3, -0.25) is 9.98 Å². The lowest BCUT2D eigenvalue weighted by Crippen LogP contribution is -2.24. The Balaban J connectivity index is 1.12. The molecule has 0 saturated heterocycles. The topological polar surface area (TPSA) is 76.8 Å². The van der Waals surface area contributed by atoms with Gasteiger partial charge in [0.15, 0.2) is 0 Å². The molecule has 0 amide bonds. The fourth-order valence-electron chi connectivity index (χ4n) is 6.84. The van der Waals surface area contributed by atoms with Crippen LogP contribution in [0.25, 0.3) is 11.1 Å². The molecule has 1 fully saturated rings. The minimum absolute atomic E-state index is 0.109. The molecule has 3 aromatic carbocycles. The molecule has 0 bridgehead atoms. The second kappa shape index (κ2) is 11.0. The first-order valence-corrected chi connectivity index (χ1v) is 14.4. The fourth-order valence-corrected chi connectivity index (χ4v) is 6.84. The van der Waals surface area contributed by atoms with E-state index in [1.54, 1.807) is 13.1 Å². The number of nitrogens with zero attached hydrogens (tertiary/aromatic N) is 2. The van der Waals surface area contributed by atoms with Crippen LogP contribution in [-0.2, 0) is 25.7 Å². The van der Waals surface area contributed by atoms with Gasteiger partial charge in [0.1, 0.15) is 11.6 Å². The summed E-state index contributed by atoms with van der Waals surface area (Å²) in [5.41, 5.74) is 20.5. The lowest BCUT2D eigenvalue weighted by molar-refractivity contribution is 0.240. The van der Waals surface area contributed by atoms with Crippen molar-refractivity contribution in [2.75, 3.05) is 5.73 Å². The van der Waals surface area contributed by atoms with Crippen LogP contribution in [0.15, 0.2) is 70.3 Å². The molecule has 4 N–H and O–H groups in total. The van der Waals surface area contributed by atoms with Crippen molar-refractivity contribution in [2.45, 2.75) is 64.3 Å². The number of para-hydroxylation sites is 1. The smallest absolute Gasteiger partial charge is 0.129 e. The molecule has 1 heterocycles. The maximum absolute atomic E-state index is 14.6. The molecule has 0 aromatic heterocycles. The molecule has 6 heteroatoms. The van der Waals surface area contributed by atoms with Crippen molar-refractivity contribution in [3.8, 4) is 11.1 Å². The van der Waals surface area contributed by atoms with E-state index in [2.05, 4.69) is 12.1 Å². The van der Waals surface area contributed by atoms with Crippen LogP contribution in [-0.4, -0.2) is 18.0 Å². The Morgan fingerprint density at radius 3 is 2.42 bits per heavy atom. The number of aliphatic imine (C=N–C) groups is 2. The van der Waals surface area contributed by atoms with E-state index in [4.69, 9.17) is 21.5 Å². The number of hydrogen-bond donors (Lipinski definition) is 2. The number of fused-ring (bicyclic) bond motifs is 2. The van der Waals surface area contributed by atoms with Crippen LogP contribution in [0.2, 0.25) is 0 Å². The van der Waals surface area contributed by atoms with E-state index in [9.17, 15) is 8.78 Å². The van der Waals surface area contributed by atoms with Gasteiger partial charge in [0, 0.05) is 47.3 Å². The summed E-state index contributed by atoms with van der Waals surface area (Å²) in [4.78, 5) is 9.81.